The summed E-state index contributed by atoms with van der Waals surface area (Å²) in [5.74, 6) is 0.607. The minimum atomic E-state index is -0.230. The van der Waals surface area contributed by atoms with Crippen molar-refractivity contribution in [2.75, 3.05) is 0 Å². The molecule has 80 valence electrons. The van der Waals surface area contributed by atoms with Crippen LogP contribution in [0.1, 0.15) is 19.6 Å². The minimum absolute atomic E-state index is 0.230. The molecule has 1 N–H and O–H groups in total. The molecule has 0 aliphatic rings. The van der Waals surface area contributed by atoms with Crippen LogP contribution in [0, 0.1) is 5.82 Å². The number of halogens is 1. The molecular weight excluding hydrogens is 193 g/mol. The monoisotopic (exact) mass is 207 g/mol. The first kappa shape index (κ1) is 10.2. The van der Waals surface area contributed by atoms with E-state index in [1.165, 1.54) is 12.1 Å². The lowest BCUT2D eigenvalue weighted by molar-refractivity contribution is 0.488. The lowest BCUT2D eigenvalue weighted by Crippen LogP contribution is -2.21. The first-order valence-corrected chi connectivity index (χ1v) is 5.06. The summed E-state index contributed by atoms with van der Waals surface area (Å²) < 4.78 is 18.4. The number of hydrogen-bond acceptors (Lipinski definition) is 2. The predicted molar refractivity (Wildman–Crippen MR) is 58.1 cm³/mol. The molecule has 0 spiro atoms. The molecule has 1 aromatic carbocycles. The number of nitrogens with one attached hydrogen (secondary N) is 1. The molecular formula is C12H14FNO. The molecule has 2 nitrogen and oxygen atoms in total. The molecule has 0 fully saturated rings. The van der Waals surface area contributed by atoms with Gasteiger partial charge in [0.15, 0.2) is 0 Å². The van der Waals surface area contributed by atoms with Crippen molar-refractivity contribution in [2.24, 2.45) is 0 Å². The highest BCUT2D eigenvalue weighted by molar-refractivity contribution is 5.77. The van der Waals surface area contributed by atoms with E-state index in [1.54, 1.807) is 6.07 Å². The zero-order valence-corrected chi connectivity index (χ0v) is 8.88. The van der Waals surface area contributed by atoms with E-state index >= 15 is 0 Å². The van der Waals surface area contributed by atoms with Crippen LogP contribution in [-0.2, 0) is 6.54 Å². The van der Waals surface area contributed by atoms with Gasteiger partial charge >= 0.3 is 0 Å². The zero-order valence-electron chi connectivity index (χ0n) is 8.88. The van der Waals surface area contributed by atoms with E-state index in [9.17, 15) is 4.39 Å². The summed E-state index contributed by atoms with van der Waals surface area (Å²) in [7, 11) is 0. The van der Waals surface area contributed by atoms with Crippen LogP contribution < -0.4 is 5.32 Å². The fourth-order valence-corrected chi connectivity index (χ4v) is 1.46. The first-order valence-electron chi connectivity index (χ1n) is 5.06. The Kier molecular flexibility index (Phi) is 2.73. The summed E-state index contributed by atoms with van der Waals surface area (Å²) in [5.41, 5.74) is 0.733. The van der Waals surface area contributed by atoms with Gasteiger partial charge in [0, 0.05) is 11.4 Å². The summed E-state index contributed by atoms with van der Waals surface area (Å²) in [6.07, 6.45) is 0. The van der Waals surface area contributed by atoms with Gasteiger partial charge in [-0.1, -0.05) is 13.8 Å². The van der Waals surface area contributed by atoms with Gasteiger partial charge in [0.05, 0.1) is 6.54 Å². The molecule has 0 bridgehead atoms. The van der Waals surface area contributed by atoms with Crippen LogP contribution in [0.2, 0.25) is 0 Å². The van der Waals surface area contributed by atoms with Gasteiger partial charge in [-0.25, -0.2) is 4.39 Å². The van der Waals surface area contributed by atoms with E-state index in [0.29, 0.717) is 12.6 Å². The molecule has 2 rings (SSSR count). The van der Waals surface area contributed by atoms with Gasteiger partial charge in [-0.05, 0) is 24.3 Å². The van der Waals surface area contributed by atoms with E-state index in [-0.39, 0.29) is 5.82 Å². The van der Waals surface area contributed by atoms with Crippen molar-refractivity contribution in [3.05, 3.63) is 35.8 Å². The number of fused-ring (bicyclic) bond motifs is 1. The molecule has 15 heavy (non-hydrogen) atoms. The normalized spacial score (nSPS) is 11.5. The largest absolute Gasteiger partial charge is 0.460 e. The van der Waals surface area contributed by atoms with E-state index in [2.05, 4.69) is 19.2 Å². The molecule has 0 atom stereocenters. The Bertz CT molecular complexity index is 462. The predicted octanol–water partition coefficient (Wildman–Crippen LogP) is 3.07. The highest BCUT2D eigenvalue weighted by atomic mass is 19.1. The third-order valence-electron chi connectivity index (χ3n) is 2.21. The summed E-state index contributed by atoms with van der Waals surface area (Å²) in [4.78, 5) is 0. The molecule has 0 saturated carbocycles. The SMILES string of the molecule is CC(C)NCc1cc2cc(F)ccc2o1. The topological polar surface area (TPSA) is 25.2 Å². The number of benzene rings is 1. The lowest BCUT2D eigenvalue weighted by Gasteiger charge is -2.04. The van der Waals surface area contributed by atoms with Gasteiger partial charge in [-0.2, -0.15) is 0 Å². The smallest absolute Gasteiger partial charge is 0.134 e. The Morgan fingerprint density at radius 2 is 2.13 bits per heavy atom. The van der Waals surface area contributed by atoms with Gasteiger partial charge in [-0.3, -0.25) is 0 Å². The molecule has 0 amide bonds. The summed E-state index contributed by atoms with van der Waals surface area (Å²) in [6, 6.07) is 6.83. The Labute approximate surface area is 88.1 Å². The number of hydrogen-bond donors (Lipinski definition) is 1. The molecule has 0 aliphatic heterocycles. The van der Waals surface area contributed by atoms with Crippen LogP contribution in [0.3, 0.4) is 0 Å². The molecule has 2 aromatic rings. The van der Waals surface area contributed by atoms with E-state index < -0.39 is 0 Å². The molecule has 3 heteroatoms. The van der Waals surface area contributed by atoms with Gasteiger partial charge in [0.2, 0.25) is 0 Å². The maximum Gasteiger partial charge on any atom is 0.134 e. The third-order valence-corrected chi connectivity index (χ3v) is 2.21. The van der Waals surface area contributed by atoms with Gasteiger partial charge in [-0.15, -0.1) is 0 Å². The standard InChI is InChI=1S/C12H14FNO/c1-8(2)14-7-11-6-9-5-10(13)3-4-12(9)15-11/h3-6,8,14H,7H2,1-2H3. The van der Waals surface area contributed by atoms with Crippen LogP contribution in [0.15, 0.2) is 28.7 Å². The lowest BCUT2D eigenvalue weighted by atomic mass is 10.2. The van der Waals surface area contributed by atoms with Crippen molar-refractivity contribution < 1.29 is 8.81 Å². The Morgan fingerprint density at radius 3 is 2.87 bits per heavy atom. The van der Waals surface area contributed by atoms with E-state index in [4.69, 9.17) is 4.42 Å². The Hall–Kier alpha value is -1.35. The van der Waals surface area contributed by atoms with Crippen molar-refractivity contribution in [3.63, 3.8) is 0 Å². The zero-order chi connectivity index (χ0) is 10.8. The Balaban J connectivity index is 2.23. The average molecular weight is 207 g/mol. The average Bonchev–Trinajstić information content (AvgIpc) is 2.56. The highest BCUT2D eigenvalue weighted by Crippen LogP contribution is 2.20. The van der Waals surface area contributed by atoms with E-state index in [1.807, 2.05) is 6.07 Å². The first-order chi connectivity index (χ1) is 7.15. The van der Waals surface area contributed by atoms with Gasteiger partial charge < -0.3 is 9.73 Å². The van der Waals surface area contributed by atoms with Crippen molar-refractivity contribution in [2.45, 2.75) is 26.4 Å². The fraction of sp³-hybridized carbons (Fsp3) is 0.333. The van der Waals surface area contributed by atoms with Crippen LogP contribution in [0.4, 0.5) is 4.39 Å². The summed E-state index contributed by atoms with van der Waals surface area (Å²) >= 11 is 0. The molecule has 1 aromatic heterocycles. The minimum Gasteiger partial charge on any atom is -0.460 e. The molecule has 0 unspecified atom stereocenters. The molecule has 0 radical (unpaired) electrons. The highest BCUT2D eigenvalue weighted by Gasteiger charge is 2.04. The van der Waals surface area contributed by atoms with Crippen molar-refractivity contribution in [3.8, 4) is 0 Å². The van der Waals surface area contributed by atoms with Crippen molar-refractivity contribution >= 4 is 11.0 Å². The molecule has 0 saturated heterocycles. The third kappa shape index (κ3) is 2.36. The number of furan rings is 1. The van der Waals surface area contributed by atoms with Crippen LogP contribution in [0.25, 0.3) is 11.0 Å². The maximum absolute atomic E-state index is 12.9. The van der Waals surface area contributed by atoms with E-state index in [0.717, 1.165) is 16.7 Å². The Morgan fingerprint density at radius 1 is 1.33 bits per heavy atom. The second-order valence-electron chi connectivity index (χ2n) is 3.93. The fourth-order valence-electron chi connectivity index (χ4n) is 1.46. The number of rotatable bonds is 3. The maximum atomic E-state index is 12.9. The van der Waals surface area contributed by atoms with Crippen LogP contribution in [-0.4, -0.2) is 6.04 Å². The molecule has 1 heterocycles. The summed E-state index contributed by atoms with van der Waals surface area (Å²) in [5, 5.41) is 4.07. The van der Waals surface area contributed by atoms with Crippen molar-refractivity contribution in [1.29, 1.82) is 0 Å². The quantitative estimate of drug-likeness (QED) is 0.836. The van der Waals surface area contributed by atoms with Crippen LogP contribution >= 0.6 is 0 Å². The van der Waals surface area contributed by atoms with Gasteiger partial charge in [0.1, 0.15) is 17.2 Å². The molecule has 0 aliphatic carbocycles. The summed E-state index contributed by atoms with van der Waals surface area (Å²) in [6.45, 7) is 4.82. The second kappa shape index (κ2) is 4.03. The van der Waals surface area contributed by atoms with Crippen molar-refractivity contribution in [1.82, 2.24) is 5.32 Å². The second-order valence-corrected chi connectivity index (χ2v) is 3.93. The van der Waals surface area contributed by atoms with Crippen LogP contribution in [0.5, 0.6) is 0 Å². The van der Waals surface area contributed by atoms with Gasteiger partial charge in [0.25, 0.3) is 0 Å².